The van der Waals surface area contributed by atoms with Gasteiger partial charge in [-0.05, 0) is 5.56 Å². The van der Waals surface area contributed by atoms with Gasteiger partial charge in [0.2, 0.25) is 0 Å². The van der Waals surface area contributed by atoms with Crippen LogP contribution in [-0.2, 0) is 20.8 Å². The van der Waals surface area contributed by atoms with Crippen LogP contribution < -0.4 is 0 Å². The minimum atomic E-state index is -0.270. The van der Waals surface area contributed by atoms with Gasteiger partial charge in [0.05, 0.1) is 31.3 Å². The fourth-order valence-electron chi connectivity index (χ4n) is 2.24. The van der Waals surface area contributed by atoms with Crippen molar-refractivity contribution in [3.63, 3.8) is 0 Å². The maximum absolute atomic E-state index is 8.76. The topological polar surface area (TPSA) is 51.5 Å². The van der Waals surface area contributed by atoms with Gasteiger partial charge in [0, 0.05) is 20.0 Å². The second-order valence-corrected chi connectivity index (χ2v) is 4.68. The highest BCUT2D eigenvalue weighted by molar-refractivity contribution is 5.13. The molecular weight excluding hydrogens is 242 g/mol. The summed E-state index contributed by atoms with van der Waals surface area (Å²) < 4.78 is 16.8. The first kappa shape index (κ1) is 14.0. The van der Waals surface area contributed by atoms with Gasteiger partial charge in [-0.2, -0.15) is 5.26 Å². The fraction of sp³-hybridized carbons (Fsp3) is 0.533. The maximum atomic E-state index is 8.76. The van der Waals surface area contributed by atoms with Gasteiger partial charge < -0.3 is 14.2 Å². The van der Waals surface area contributed by atoms with E-state index in [0.29, 0.717) is 19.4 Å². The lowest BCUT2D eigenvalue weighted by Gasteiger charge is -2.33. The second kappa shape index (κ2) is 7.25. The molecule has 0 spiro atoms. The lowest BCUT2D eigenvalue weighted by Crippen LogP contribution is -2.37. The van der Waals surface area contributed by atoms with E-state index in [0.717, 1.165) is 12.0 Å². The van der Waals surface area contributed by atoms with Crippen LogP contribution in [-0.4, -0.2) is 25.6 Å². The van der Waals surface area contributed by atoms with Gasteiger partial charge in [-0.15, -0.1) is 0 Å². The second-order valence-electron chi connectivity index (χ2n) is 4.68. The highest BCUT2D eigenvalue weighted by atomic mass is 16.7. The molecule has 2 rings (SSSR count). The van der Waals surface area contributed by atoms with Gasteiger partial charge in [-0.3, -0.25) is 0 Å². The van der Waals surface area contributed by atoms with Gasteiger partial charge >= 0.3 is 0 Å². The van der Waals surface area contributed by atoms with Crippen molar-refractivity contribution < 1.29 is 14.2 Å². The molecule has 0 bridgehead atoms. The monoisotopic (exact) mass is 261 g/mol. The average molecular weight is 261 g/mol. The molecule has 1 saturated heterocycles. The number of hydrogen-bond donors (Lipinski definition) is 0. The van der Waals surface area contributed by atoms with Crippen molar-refractivity contribution in [1.82, 2.24) is 0 Å². The molecule has 4 nitrogen and oxygen atoms in total. The molecule has 3 atom stereocenters. The number of ether oxygens (including phenoxy) is 3. The zero-order chi connectivity index (χ0) is 13.5. The Balaban J connectivity index is 1.86. The van der Waals surface area contributed by atoms with E-state index in [9.17, 15) is 0 Å². The van der Waals surface area contributed by atoms with Crippen LogP contribution in [0.2, 0.25) is 0 Å². The summed E-state index contributed by atoms with van der Waals surface area (Å²) in [5.74, 6) is 0. The summed E-state index contributed by atoms with van der Waals surface area (Å²) in [6, 6.07) is 12.2. The Bertz CT molecular complexity index is 415. The van der Waals surface area contributed by atoms with Crippen LogP contribution in [0.25, 0.3) is 0 Å². The van der Waals surface area contributed by atoms with E-state index in [1.807, 2.05) is 30.3 Å². The standard InChI is InChI=1S/C15H19NO3/c1-17-15-10-14(9-13(19-15)7-8-16)18-11-12-5-3-2-4-6-12/h2-6,13-15H,7,9-11H2,1H3. The zero-order valence-corrected chi connectivity index (χ0v) is 11.1. The van der Waals surface area contributed by atoms with Crippen molar-refractivity contribution in [2.24, 2.45) is 0 Å². The molecule has 0 aliphatic carbocycles. The van der Waals surface area contributed by atoms with Crippen LogP contribution in [0.4, 0.5) is 0 Å². The van der Waals surface area contributed by atoms with Crippen molar-refractivity contribution >= 4 is 0 Å². The molecule has 1 heterocycles. The Morgan fingerprint density at radius 1 is 1.32 bits per heavy atom. The Hall–Kier alpha value is -1.41. The third-order valence-electron chi connectivity index (χ3n) is 3.24. The Kier molecular flexibility index (Phi) is 5.34. The molecule has 0 amide bonds. The molecule has 0 saturated carbocycles. The molecule has 3 unspecified atom stereocenters. The summed E-state index contributed by atoms with van der Waals surface area (Å²) in [6.45, 7) is 0.585. The molecule has 0 radical (unpaired) electrons. The predicted octanol–water partition coefficient (Wildman–Crippen LogP) is 2.64. The van der Waals surface area contributed by atoms with E-state index in [1.54, 1.807) is 7.11 Å². The molecule has 0 aromatic heterocycles. The molecule has 1 fully saturated rings. The normalized spacial score (nSPS) is 26.8. The third-order valence-corrected chi connectivity index (χ3v) is 3.24. The smallest absolute Gasteiger partial charge is 0.160 e. The largest absolute Gasteiger partial charge is 0.373 e. The summed E-state index contributed by atoms with van der Waals surface area (Å²) in [6.07, 6.45) is 1.56. The van der Waals surface area contributed by atoms with Gasteiger partial charge in [-0.1, -0.05) is 30.3 Å². The van der Waals surface area contributed by atoms with Crippen molar-refractivity contribution in [2.75, 3.05) is 7.11 Å². The predicted molar refractivity (Wildman–Crippen MR) is 70.2 cm³/mol. The highest BCUT2D eigenvalue weighted by Gasteiger charge is 2.29. The Labute approximate surface area is 113 Å². The number of benzene rings is 1. The van der Waals surface area contributed by atoms with Crippen LogP contribution in [0.1, 0.15) is 24.8 Å². The van der Waals surface area contributed by atoms with Crippen LogP contribution in [0.5, 0.6) is 0 Å². The summed E-state index contributed by atoms with van der Waals surface area (Å²) >= 11 is 0. The first-order chi connectivity index (χ1) is 9.31. The van der Waals surface area contributed by atoms with Crippen molar-refractivity contribution in [2.45, 2.75) is 44.4 Å². The first-order valence-electron chi connectivity index (χ1n) is 6.52. The van der Waals surface area contributed by atoms with E-state index in [1.165, 1.54) is 0 Å². The van der Waals surface area contributed by atoms with E-state index in [4.69, 9.17) is 19.5 Å². The number of nitriles is 1. The first-order valence-corrected chi connectivity index (χ1v) is 6.52. The van der Waals surface area contributed by atoms with Crippen LogP contribution in [0, 0.1) is 11.3 Å². The van der Waals surface area contributed by atoms with Crippen molar-refractivity contribution in [3.05, 3.63) is 35.9 Å². The summed E-state index contributed by atoms with van der Waals surface area (Å²) in [7, 11) is 1.62. The van der Waals surface area contributed by atoms with Crippen molar-refractivity contribution in [3.8, 4) is 6.07 Å². The number of rotatable bonds is 5. The summed E-state index contributed by atoms with van der Waals surface area (Å²) in [5.41, 5.74) is 1.15. The van der Waals surface area contributed by atoms with Crippen LogP contribution in [0.15, 0.2) is 30.3 Å². The lowest BCUT2D eigenvalue weighted by molar-refractivity contribution is -0.211. The van der Waals surface area contributed by atoms with Crippen molar-refractivity contribution in [1.29, 1.82) is 5.26 Å². The van der Waals surface area contributed by atoms with Gasteiger partial charge in [0.15, 0.2) is 6.29 Å². The molecule has 19 heavy (non-hydrogen) atoms. The zero-order valence-electron chi connectivity index (χ0n) is 11.1. The average Bonchev–Trinajstić information content (AvgIpc) is 2.46. The molecule has 4 heteroatoms. The lowest BCUT2D eigenvalue weighted by atomic mass is 10.0. The maximum Gasteiger partial charge on any atom is 0.160 e. The fourth-order valence-corrected chi connectivity index (χ4v) is 2.24. The molecule has 1 aromatic carbocycles. The SMILES string of the molecule is COC1CC(OCc2ccccc2)CC(CC#N)O1. The molecule has 0 N–H and O–H groups in total. The molecule has 1 aliphatic heterocycles. The molecule has 102 valence electrons. The van der Waals surface area contributed by atoms with E-state index in [2.05, 4.69) is 6.07 Å². The Morgan fingerprint density at radius 2 is 2.11 bits per heavy atom. The minimum Gasteiger partial charge on any atom is -0.373 e. The van der Waals surface area contributed by atoms with Crippen LogP contribution >= 0.6 is 0 Å². The van der Waals surface area contributed by atoms with Gasteiger partial charge in [0.1, 0.15) is 0 Å². The molecular formula is C15H19NO3. The van der Waals surface area contributed by atoms with E-state index >= 15 is 0 Å². The van der Waals surface area contributed by atoms with Gasteiger partial charge in [0.25, 0.3) is 0 Å². The third kappa shape index (κ3) is 4.32. The van der Waals surface area contributed by atoms with E-state index < -0.39 is 0 Å². The van der Waals surface area contributed by atoms with Gasteiger partial charge in [-0.25, -0.2) is 0 Å². The number of hydrogen-bond acceptors (Lipinski definition) is 4. The number of methoxy groups -OCH3 is 1. The Morgan fingerprint density at radius 3 is 2.79 bits per heavy atom. The highest BCUT2D eigenvalue weighted by Crippen LogP contribution is 2.25. The molecule has 1 aromatic rings. The quantitative estimate of drug-likeness (QED) is 0.817. The summed E-state index contributed by atoms with van der Waals surface area (Å²) in [4.78, 5) is 0. The van der Waals surface area contributed by atoms with E-state index in [-0.39, 0.29) is 18.5 Å². The minimum absolute atomic E-state index is 0.0808. The summed E-state index contributed by atoms with van der Waals surface area (Å²) in [5, 5.41) is 8.76. The number of nitrogens with zero attached hydrogens (tertiary/aromatic N) is 1. The molecule has 1 aliphatic rings. The van der Waals surface area contributed by atoms with Crippen LogP contribution in [0.3, 0.4) is 0 Å².